The fourth-order valence-electron chi connectivity index (χ4n) is 1.79. The van der Waals surface area contributed by atoms with Gasteiger partial charge in [0.2, 0.25) is 5.91 Å². The number of nitrogens with one attached hydrogen (secondary N) is 2. The Balaban J connectivity index is 2.53. The van der Waals surface area contributed by atoms with Gasteiger partial charge in [0, 0.05) is 32.7 Å². The van der Waals surface area contributed by atoms with Crippen molar-refractivity contribution in [2.24, 2.45) is 0 Å². The minimum atomic E-state index is -0.0119. The molecule has 2 atom stereocenters. The molecule has 0 bridgehead atoms. The van der Waals surface area contributed by atoms with Crippen LogP contribution in [0.2, 0.25) is 0 Å². The van der Waals surface area contributed by atoms with Crippen LogP contribution in [0, 0.1) is 0 Å². The molecule has 0 aromatic heterocycles. The third kappa shape index (κ3) is 2.42. The lowest BCUT2D eigenvalue weighted by Gasteiger charge is -2.37. The van der Waals surface area contributed by atoms with Crippen LogP contribution in [0.3, 0.4) is 0 Å². The minimum absolute atomic E-state index is 0.0119. The maximum absolute atomic E-state index is 11.4. The second-order valence-corrected chi connectivity index (χ2v) is 3.58. The van der Waals surface area contributed by atoms with Gasteiger partial charge in [-0.25, -0.2) is 0 Å². The van der Waals surface area contributed by atoms with E-state index in [-0.39, 0.29) is 11.9 Å². The maximum Gasteiger partial charge on any atom is 0.236 e. The van der Waals surface area contributed by atoms with Gasteiger partial charge in [0.05, 0.1) is 6.04 Å². The molecule has 1 saturated heterocycles. The number of hydrogen-bond acceptors (Lipinski definition) is 3. The SMILES string of the molecule is CNC(=O)C(C)N1CCNCC1C. The first-order valence-electron chi connectivity index (χ1n) is 4.85. The fourth-order valence-corrected chi connectivity index (χ4v) is 1.79. The van der Waals surface area contributed by atoms with Crippen LogP contribution in [0.1, 0.15) is 13.8 Å². The zero-order valence-electron chi connectivity index (χ0n) is 8.63. The Hall–Kier alpha value is -0.610. The van der Waals surface area contributed by atoms with E-state index in [1.165, 1.54) is 0 Å². The topological polar surface area (TPSA) is 44.4 Å². The zero-order chi connectivity index (χ0) is 9.84. The van der Waals surface area contributed by atoms with Crippen LogP contribution in [0.25, 0.3) is 0 Å². The molecule has 76 valence electrons. The molecule has 0 aliphatic carbocycles. The van der Waals surface area contributed by atoms with Gasteiger partial charge in [-0.2, -0.15) is 0 Å². The lowest BCUT2D eigenvalue weighted by Crippen LogP contribution is -2.56. The summed E-state index contributed by atoms with van der Waals surface area (Å²) >= 11 is 0. The van der Waals surface area contributed by atoms with Gasteiger partial charge >= 0.3 is 0 Å². The first-order chi connectivity index (χ1) is 6.16. The second-order valence-electron chi connectivity index (χ2n) is 3.58. The van der Waals surface area contributed by atoms with E-state index in [9.17, 15) is 4.79 Å². The maximum atomic E-state index is 11.4. The molecule has 1 amide bonds. The van der Waals surface area contributed by atoms with Crippen LogP contribution in [0.4, 0.5) is 0 Å². The van der Waals surface area contributed by atoms with Crippen LogP contribution in [-0.2, 0) is 4.79 Å². The molecule has 0 aromatic rings. The van der Waals surface area contributed by atoms with Crippen molar-refractivity contribution in [3.63, 3.8) is 0 Å². The molecule has 4 nitrogen and oxygen atoms in total. The summed E-state index contributed by atoms with van der Waals surface area (Å²) in [6.07, 6.45) is 0. The highest BCUT2D eigenvalue weighted by atomic mass is 16.2. The van der Waals surface area contributed by atoms with Gasteiger partial charge in [0.1, 0.15) is 0 Å². The smallest absolute Gasteiger partial charge is 0.236 e. The summed E-state index contributed by atoms with van der Waals surface area (Å²) < 4.78 is 0. The summed E-state index contributed by atoms with van der Waals surface area (Å²) in [6, 6.07) is 0.433. The van der Waals surface area contributed by atoms with Gasteiger partial charge in [0.15, 0.2) is 0 Å². The van der Waals surface area contributed by atoms with Crippen molar-refractivity contribution in [2.75, 3.05) is 26.7 Å². The summed E-state index contributed by atoms with van der Waals surface area (Å²) in [5.41, 5.74) is 0. The van der Waals surface area contributed by atoms with Gasteiger partial charge in [-0.1, -0.05) is 0 Å². The quantitative estimate of drug-likeness (QED) is 0.604. The molecule has 0 radical (unpaired) electrons. The number of amides is 1. The summed E-state index contributed by atoms with van der Waals surface area (Å²) in [5.74, 6) is 0.105. The van der Waals surface area contributed by atoms with Crippen molar-refractivity contribution in [1.29, 1.82) is 0 Å². The monoisotopic (exact) mass is 185 g/mol. The third-order valence-corrected chi connectivity index (χ3v) is 2.68. The van der Waals surface area contributed by atoms with Gasteiger partial charge in [-0.15, -0.1) is 0 Å². The van der Waals surface area contributed by atoms with Crippen molar-refractivity contribution in [2.45, 2.75) is 25.9 Å². The lowest BCUT2D eigenvalue weighted by atomic mass is 10.1. The van der Waals surface area contributed by atoms with E-state index in [4.69, 9.17) is 0 Å². The summed E-state index contributed by atoms with van der Waals surface area (Å²) in [5, 5.41) is 5.98. The molecular formula is C9H19N3O. The van der Waals surface area contributed by atoms with Crippen LogP contribution in [-0.4, -0.2) is 49.6 Å². The molecule has 0 aromatic carbocycles. The Kier molecular flexibility index (Phi) is 3.69. The molecule has 1 aliphatic rings. The molecule has 1 rings (SSSR count). The van der Waals surface area contributed by atoms with Crippen molar-refractivity contribution in [1.82, 2.24) is 15.5 Å². The predicted molar refractivity (Wildman–Crippen MR) is 52.6 cm³/mol. The normalized spacial score (nSPS) is 26.8. The van der Waals surface area contributed by atoms with Gasteiger partial charge in [-0.05, 0) is 13.8 Å². The van der Waals surface area contributed by atoms with Gasteiger partial charge in [-0.3, -0.25) is 9.69 Å². The number of piperazine rings is 1. The fraction of sp³-hybridized carbons (Fsp3) is 0.889. The summed E-state index contributed by atoms with van der Waals surface area (Å²) in [6.45, 7) is 7.01. The third-order valence-electron chi connectivity index (χ3n) is 2.68. The summed E-state index contributed by atoms with van der Waals surface area (Å²) in [4.78, 5) is 13.6. The highest BCUT2D eigenvalue weighted by Gasteiger charge is 2.26. The number of likely N-dealkylation sites (N-methyl/N-ethyl adjacent to an activating group) is 1. The molecule has 1 aliphatic heterocycles. The average Bonchev–Trinajstić information content (AvgIpc) is 2.16. The molecular weight excluding hydrogens is 166 g/mol. The van der Waals surface area contributed by atoms with Gasteiger partial charge < -0.3 is 10.6 Å². The lowest BCUT2D eigenvalue weighted by molar-refractivity contribution is -0.126. The highest BCUT2D eigenvalue weighted by molar-refractivity contribution is 5.81. The van der Waals surface area contributed by atoms with Crippen molar-refractivity contribution >= 4 is 5.91 Å². The van der Waals surface area contributed by atoms with Crippen molar-refractivity contribution < 1.29 is 4.79 Å². The van der Waals surface area contributed by atoms with E-state index < -0.39 is 0 Å². The van der Waals surface area contributed by atoms with E-state index in [0.29, 0.717) is 6.04 Å². The molecule has 0 saturated carbocycles. The standard InChI is InChI=1S/C9H19N3O/c1-7-6-11-4-5-12(7)8(2)9(13)10-3/h7-8,11H,4-6H2,1-3H3,(H,10,13). The largest absolute Gasteiger partial charge is 0.358 e. The Morgan fingerprint density at radius 3 is 2.92 bits per heavy atom. The molecule has 2 unspecified atom stereocenters. The number of hydrogen-bond donors (Lipinski definition) is 2. The molecule has 1 fully saturated rings. The van der Waals surface area contributed by atoms with E-state index in [1.54, 1.807) is 7.05 Å². The Morgan fingerprint density at radius 1 is 1.69 bits per heavy atom. The Labute approximate surface area is 79.7 Å². The van der Waals surface area contributed by atoms with E-state index in [2.05, 4.69) is 22.5 Å². The Bertz CT molecular complexity index is 184. The number of rotatable bonds is 2. The molecule has 4 heteroatoms. The first-order valence-corrected chi connectivity index (χ1v) is 4.85. The number of carbonyl (C=O) groups excluding carboxylic acids is 1. The van der Waals surface area contributed by atoms with E-state index >= 15 is 0 Å². The average molecular weight is 185 g/mol. The molecule has 1 heterocycles. The molecule has 13 heavy (non-hydrogen) atoms. The van der Waals surface area contributed by atoms with Gasteiger partial charge in [0.25, 0.3) is 0 Å². The van der Waals surface area contributed by atoms with E-state index in [1.807, 2.05) is 6.92 Å². The Morgan fingerprint density at radius 2 is 2.38 bits per heavy atom. The van der Waals surface area contributed by atoms with Crippen molar-refractivity contribution in [3.05, 3.63) is 0 Å². The number of nitrogens with zero attached hydrogens (tertiary/aromatic N) is 1. The highest BCUT2D eigenvalue weighted by Crippen LogP contribution is 2.07. The summed E-state index contributed by atoms with van der Waals surface area (Å²) in [7, 11) is 1.69. The van der Waals surface area contributed by atoms with Crippen LogP contribution >= 0.6 is 0 Å². The zero-order valence-corrected chi connectivity index (χ0v) is 8.63. The number of carbonyl (C=O) groups is 1. The molecule has 2 N–H and O–H groups in total. The second kappa shape index (κ2) is 4.58. The van der Waals surface area contributed by atoms with E-state index in [0.717, 1.165) is 19.6 Å². The van der Waals surface area contributed by atoms with Crippen molar-refractivity contribution in [3.8, 4) is 0 Å². The molecule has 0 spiro atoms. The van der Waals surface area contributed by atoms with Crippen LogP contribution in [0.15, 0.2) is 0 Å². The minimum Gasteiger partial charge on any atom is -0.358 e. The first kappa shape index (κ1) is 10.5. The van der Waals surface area contributed by atoms with Crippen LogP contribution in [0.5, 0.6) is 0 Å². The van der Waals surface area contributed by atoms with Crippen LogP contribution < -0.4 is 10.6 Å². The predicted octanol–water partition coefficient (Wildman–Crippen LogP) is -0.585.